The van der Waals surface area contributed by atoms with E-state index in [0.717, 1.165) is 6.54 Å². The second-order valence-electron chi connectivity index (χ2n) is 14.6. The minimum atomic E-state index is -2.08. The van der Waals surface area contributed by atoms with Crippen LogP contribution in [0, 0.1) is 22.7 Å². The summed E-state index contributed by atoms with van der Waals surface area (Å²) in [5.74, 6) is -4.48. The molecule has 0 aromatic heterocycles. The smallest absolute Gasteiger partial charge is 0.332 e. The molecule has 0 spiro atoms. The predicted molar refractivity (Wildman–Crippen MR) is 164 cm³/mol. The zero-order valence-corrected chi connectivity index (χ0v) is 28.2. The van der Waals surface area contributed by atoms with E-state index in [4.69, 9.17) is 28.4 Å². The molecule has 3 fully saturated rings. The largest absolute Gasteiger partial charge is 0.462 e. The third-order valence-corrected chi connectivity index (χ3v) is 11.0. The van der Waals surface area contributed by atoms with E-state index in [0.29, 0.717) is 25.0 Å². The highest BCUT2D eigenvalue weighted by molar-refractivity contribution is 5.94. The lowest BCUT2D eigenvalue weighted by Gasteiger charge is -2.62. The average molecular weight is 666 g/mol. The first kappa shape index (κ1) is 35.7. The van der Waals surface area contributed by atoms with Gasteiger partial charge in [0, 0.05) is 29.7 Å². The average Bonchev–Trinajstić information content (AvgIpc) is 3.40. The Hall–Kier alpha value is -2.55. The number of alkyl halides is 1. The molecule has 0 bridgehead atoms. The van der Waals surface area contributed by atoms with Crippen LogP contribution in [0.15, 0.2) is 23.8 Å². The number of Topliss-reactive ketones (excluding diaryl/α,β-unsaturated/α-hetero) is 1. The lowest BCUT2D eigenvalue weighted by atomic mass is 9.45. The van der Waals surface area contributed by atoms with Gasteiger partial charge in [-0.15, -0.1) is 0 Å². The van der Waals surface area contributed by atoms with Gasteiger partial charge < -0.3 is 38.4 Å². The molecule has 5 aliphatic rings. The van der Waals surface area contributed by atoms with Crippen molar-refractivity contribution >= 4 is 23.5 Å². The van der Waals surface area contributed by atoms with Crippen LogP contribution in [-0.4, -0.2) is 123 Å². The van der Waals surface area contributed by atoms with Crippen molar-refractivity contribution in [3.63, 3.8) is 0 Å². The van der Waals surface area contributed by atoms with Crippen LogP contribution in [0.2, 0.25) is 0 Å². The molecule has 0 amide bonds. The van der Waals surface area contributed by atoms with Crippen molar-refractivity contribution in [2.24, 2.45) is 22.7 Å². The summed E-state index contributed by atoms with van der Waals surface area (Å²) in [6.45, 7) is 6.71. The molecule has 0 radical (unpaired) electrons. The van der Waals surface area contributed by atoms with Crippen LogP contribution in [0.3, 0.4) is 0 Å². The highest BCUT2D eigenvalue weighted by Gasteiger charge is 2.80. The maximum Gasteiger partial charge on any atom is 0.332 e. The summed E-state index contributed by atoms with van der Waals surface area (Å²) in [6, 6.07) is 0. The van der Waals surface area contributed by atoms with Gasteiger partial charge in [0.25, 0.3) is 0 Å². The van der Waals surface area contributed by atoms with Gasteiger partial charge in [0.05, 0.1) is 25.4 Å². The third-order valence-electron chi connectivity index (χ3n) is 11.0. The second kappa shape index (κ2) is 13.1. The number of halogens is 1. The molecule has 262 valence electrons. The number of allylic oxidation sites excluding steroid dienone is 4. The fourth-order valence-corrected chi connectivity index (χ4v) is 8.83. The van der Waals surface area contributed by atoms with Gasteiger partial charge in [-0.2, -0.15) is 0 Å². The van der Waals surface area contributed by atoms with E-state index in [1.54, 1.807) is 26.8 Å². The Morgan fingerprint density at radius 1 is 1.00 bits per heavy atom. The monoisotopic (exact) mass is 665 g/mol. The van der Waals surface area contributed by atoms with Crippen molar-refractivity contribution in [1.29, 1.82) is 0 Å². The van der Waals surface area contributed by atoms with Crippen LogP contribution in [0.25, 0.3) is 0 Å². The first-order chi connectivity index (χ1) is 22.0. The molecule has 1 aliphatic heterocycles. The number of ketones is 2. The van der Waals surface area contributed by atoms with Gasteiger partial charge in [-0.1, -0.05) is 24.6 Å². The highest BCUT2D eigenvalue weighted by atomic mass is 19.1. The van der Waals surface area contributed by atoms with Gasteiger partial charge in [0.15, 0.2) is 29.4 Å². The first-order valence-electron chi connectivity index (χ1n) is 16.3. The maximum absolute atomic E-state index is 17.6. The van der Waals surface area contributed by atoms with Crippen molar-refractivity contribution in [1.82, 2.24) is 4.90 Å². The van der Waals surface area contributed by atoms with Crippen molar-refractivity contribution in [2.75, 3.05) is 60.3 Å². The minimum absolute atomic E-state index is 0.0438. The second-order valence-corrected chi connectivity index (χ2v) is 14.6. The van der Waals surface area contributed by atoms with Crippen LogP contribution in [-0.2, 0) is 47.6 Å². The summed E-state index contributed by atoms with van der Waals surface area (Å²) >= 11 is 0. The number of aliphatic hydroxyl groups excluding tert-OH is 1. The fourth-order valence-electron chi connectivity index (χ4n) is 8.83. The van der Waals surface area contributed by atoms with E-state index < -0.39 is 89.5 Å². The number of rotatable bonds is 13. The molecule has 2 saturated carbocycles. The number of carbonyl (C=O) groups excluding carboxylic acids is 4. The summed E-state index contributed by atoms with van der Waals surface area (Å²) in [6.07, 6.45) is 3.24. The van der Waals surface area contributed by atoms with E-state index >= 15 is 4.39 Å². The fraction of sp³-hybridized carbons (Fsp3) is 0.765. The molecule has 47 heavy (non-hydrogen) atoms. The van der Waals surface area contributed by atoms with Gasteiger partial charge in [-0.05, 0) is 66.1 Å². The van der Waals surface area contributed by atoms with Gasteiger partial charge in [-0.3, -0.25) is 9.59 Å². The summed E-state index contributed by atoms with van der Waals surface area (Å²) in [7, 11) is 3.84. The van der Waals surface area contributed by atoms with E-state index in [1.165, 1.54) is 6.08 Å². The zero-order valence-electron chi connectivity index (χ0n) is 28.2. The Morgan fingerprint density at radius 2 is 1.70 bits per heavy atom. The van der Waals surface area contributed by atoms with Gasteiger partial charge in [0.1, 0.15) is 19.8 Å². The number of carbonyl (C=O) groups is 4. The number of esters is 2. The number of likely N-dealkylation sites (N-methyl/N-ethyl adjacent to an activating group) is 1. The minimum Gasteiger partial charge on any atom is -0.462 e. The predicted octanol–water partition coefficient (Wildman–Crippen LogP) is 2.11. The molecule has 1 N–H and O–H groups in total. The molecule has 4 unspecified atom stereocenters. The molecule has 0 aromatic carbocycles. The van der Waals surface area contributed by atoms with Crippen molar-refractivity contribution in [2.45, 2.75) is 82.6 Å². The van der Waals surface area contributed by atoms with E-state index in [1.807, 2.05) is 32.0 Å². The van der Waals surface area contributed by atoms with Crippen molar-refractivity contribution < 1.29 is 57.1 Å². The normalized spacial score (nSPS) is 38.2. The molecule has 5 rings (SSSR count). The molecular weight excluding hydrogens is 617 g/mol. The molecule has 12 nitrogen and oxygen atoms in total. The van der Waals surface area contributed by atoms with Crippen LogP contribution >= 0.6 is 0 Å². The summed E-state index contributed by atoms with van der Waals surface area (Å²) in [5.41, 5.74) is -5.29. The summed E-state index contributed by atoms with van der Waals surface area (Å²) in [5, 5.41) is 11.7. The number of hydrogen-bond donors (Lipinski definition) is 1. The molecule has 4 aliphatic carbocycles. The Morgan fingerprint density at radius 3 is 2.40 bits per heavy atom. The van der Waals surface area contributed by atoms with E-state index in [9.17, 15) is 24.3 Å². The number of ether oxygens (including phenoxy) is 6. The molecule has 13 heteroatoms. The van der Waals surface area contributed by atoms with Crippen LogP contribution in [0.4, 0.5) is 4.39 Å². The quantitative estimate of drug-likeness (QED) is 0.175. The Balaban J connectivity index is 1.23. The van der Waals surface area contributed by atoms with E-state index in [2.05, 4.69) is 0 Å². The molecule has 1 saturated heterocycles. The molecular formula is C34H48FNO11. The third kappa shape index (κ3) is 6.12. The number of aliphatic hydroxyl groups is 1. The molecule has 0 aromatic rings. The number of fused-ring (bicyclic) bond motifs is 7. The summed E-state index contributed by atoms with van der Waals surface area (Å²) < 4.78 is 51.0. The molecule has 1 heterocycles. The zero-order chi connectivity index (χ0) is 34.4. The van der Waals surface area contributed by atoms with Crippen LogP contribution in [0.5, 0.6) is 0 Å². The molecule has 8 atom stereocenters. The topological polar surface area (TPSA) is 147 Å². The van der Waals surface area contributed by atoms with Crippen molar-refractivity contribution in [3.05, 3.63) is 23.8 Å². The van der Waals surface area contributed by atoms with E-state index in [-0.39, 0.29) is 31.8 Å². The van der Waals surface area contributed by atoms with Gasteiger partial charge >= 0.3 is 11.9 Å². The Kier molecular flexibility index (Phi) is 9.93. The number of hydrogen-bond acceptors (Lipinski definition) is 12. The number of nitrogens with zero attached hydrogens (tertiary/aromatic N) is 1. The van der Waals surface area contributed by atoms with Crippen LogP contribution in [0.1, 0.15) is 53.4 Å². The first-order valence-corrected chi connectivity index (χ1v) is 16.3. The van der Waals surface area contributed by atoms with Gasteiger partial charge in [-0.25, -0.2) is 14.0 Å². The Labute approximate surface area is 274 Å². The van der Waals surface area contributed by atoms with Gasteiger partial charge in [0.2, 0.25) is 5.78 Å². The lowest BCUT2D eigenvalue weighted by molar-refractivity contribution is -0.243. The van der Waals surface area contributed by atoms with Crippen molar-refractivity contribution in [3.8, 4) is 0 Å². The van der Waals surface area contributed by atoms with Crippen LogP contribution < -0.4 is 0 Å². The standard InChI is InChI=1S/C34H48FNO11/c1-30(2)46-27-16-24-23-8-7-21-15-22(37)9-10-31(21,3)33(23,35)25(38)17-32(24,4)34(27,47-30)26(39)18-45-29(41)20-43-19-28(40)44-14-13-42-12-11-36(5)6/h7,9-10,23-25,27,38H,8,11-20H2,1-6H3/t23?,24?,25-,27+,31?,32?,33-,34+/m0/s1. The Bertz CT molecular complexity index is 1330. The highest BCUT2D eigenvalue weighted by Crippen LogP contribution is 2.71. The summed E-state index contributed by atoms with van der Waals surface area (Å²) in [4.78, 5) is 52.7. The SMILES string of the molecule is CN(C)CCOCCOC(=O)COCC(=O)OCC(=O)[C@@]12OC(C)(C)O[C@@H]1CC1C3CC=C4CC(=O)C=CC4(C)[C@@]3(F)[C@@H](O)CC12C. The maximum atomic E-state index is 17.6. The lowest BCUT2D eigenvalue weighted by Crippen LogP contribution is -2.69.